The summed E-state index contributed by atoms with van der Waals surface area (Å²) in [6, 6.07) is 5.41. The van der Waals surface area contributed by atoms with Gasteiger partial charge in [-0.3, -0.25) is 19.1 Å². The highest BCUT2D eigenvalue weighted by atomic mass is 19.4. The van der Waals surface area contributed by atoms with Crippen molar-refractivity contribution in [3.8, 4) is 5.75 Å². The Morgan fingerprint density at radius 3 is 2.54 bits per heavy atom. The van der Waals surface area contributed by atoms with Crippen LogP contribution >= 0.6 is 0 Å². The number of carbonyl (C=O) groups is 1. The first kappa shape index (κ1) is 21.2. The average molecular weight is 405 g/mol. The molecule has 0 bridgehead atoms. The van der Waals surface area contributed by atoms with E-state index in [1.54, 1.807) is 4.98 Å². The fraction of sp³-hybridized carbons (Fsp3) is 0.312. The van der Waals surface area contributed by atoms with Crippen molar-refractivity contribution in [3.05, 3.63) is 62.7 Å². The molecular weight excluding hydrogens is 390 g/mol. The lowest BCUT2D eigenvalue weighted by Gasteiger charge is -2.28. The van der Waals surface area contributed by atoms with Crippen LogP contribution in [0.2, 0.25) is 0 Å². The lowest BCUT2D eigenvalue weighted by molar-refractivity contribution is -0.188. The van der Waals surface area contributed by atoms with Crippen molar-refractivity contribution < 1.29 is 32.2 Å². The SMILES string of the molecule is COC(CN(Cc1ccccc1O)C(=O)C(F)(F)F)n1cc(F)c(=O)[nH]c1=O. The molecule has 2 rings (SSSR count). The van der Waals surface area contributed by atoms with Crippen molar-refractivity contribution >= 4 is 5.91 Å². The third kappa shape index (κ3) is 4.76. The van der Waals surface area contributed by atoms with Gasteiger partial charge < -0.3 is 14.7 Å². The van der Waals surface area contributed by atoms with E-state index in [4.69, 9.17) is 4.74 Å². The number of aromatic nitrogens is 2. The molecule has 1 unspecified atom stereocenters. The molecule has 0 radical (unpaired) electrons. The Bertz CT molecular complexity index is 970. The number of halogens is 4. The monoisotopic (exact) mass is 405 g/mol. The standard InChI is InChI=1S/C16H15F4N3O5/c1-28-12(23-7-10(17)13(25)21-15(23)27)8-22(14(26)16(18,19)20)6-9-4-2-3-5-11(9)24/h2-5,7,12,24H,6,8H2,1H3,(H,21,25,27). The molecule has 0 saturated heterocycles. The number of para-hydroxylation sites is 1. The van der Waals surface area contributed by atoms with Crippen LogP contribution in [0.5, 0.6) is 5.75 Å². The lowest BCUT2D eigenvalue weighted by Crippen LogP contribution is -2.45. The molecule has 1 aromatic carbocycles. The Kier molecular flexibility index (Phi) is 6.23. The van der Waals surface area contributed by atoms with E-state index in [1.807, 2.05) is 0 Å². The number of methoxy groups -OCH3 is 1. The maximum atomic E-state index is 13.5. The minimum absolute atomic E-state index is 0.00921. The van der Waals surface area contributed by atoms with Gasteiger partial charge >= 0.3 is 17.8 Å². The van der Waals surface area contributed by atoms with Crippen molar-refractivity contribution in [3.63, 3.8) is 0 Å². The first-order chi connectivity index (χ1) is 13.0. The predicted octanol–water partition coefficient (Wildman–Crippen LogP) is 1.12. The maximum Gasteiger partial charge on any atom is 0.471 e. The number of nitrogens with zero attached hydrogens (tertiary/aromatic N) is 2. The van der Waals surface area contributed by atoms with Crippen molar-refractivity contribution in [2.45, 2.75) is 18.9 Å². The Morgan fingerprint density at radius 2 is 1.96 bits per heavy atom. The fourth-order valence-electron chi connectivity index (χ4n) is 2.39. The summed E-state index contributed by atoms with van der Waals surface area (Å²) in [7, 11) is 1.02. The molecule has 0 saturated carbocycles. The van der Waals surface area contributed by atoms with Crippen LogP contribution in [0.25, 0.3) is 0 Å². The summed E-state index contributed by atoms with van der Waals surface area (Å²) in [5.74, 6) is -3.96. The molecular formula is C16H15F4N3O5. The topological polar surface area (TPSA) is 105 Å². The van der Waals surface area contributed by atoms with Crippen LogP contribution in [-0.2, 0) is 16.1 Å². The zero-order valence-corrected chi connectivity index (χ0v) is 14.4. The summed E-state index contributed by atoms with van der Waals surface area (Å²) in [6.07, 6.45) is -6.33. The van der Waals surface area contributed by atoms with E-state index in [0.29, 0.717) is 15.7 Å². The third-order valence-corrected chi connectivity index (χ3v) is 3.77. The average Bonchev–Trinajstić information content (AvgIpc) is 2.62. The quantitative estimate of drug-likeness (QED) is 0.701. The molecule has 2 aromatic rings. The van der Waals surface area contributed by atoms with Gasteiger partial charge in [0.25, 0.3) is 5.56 Å². The molecule has 0 fully saturated rings. The van der Waals surface area contributed by atoms with E-state index in [2.05, 4.69) is 0 Å². The van der Waals surface area contributed by atoms with Gasteiger partial charge in [0.1, 0.15) is 5.75 Å². The molecule has 0 spiro atoms. The van der Waals surface area contributed by atoms with E-state index < -0.39 is 48.5 Å². The number of phenolic OH excluding ortho intramolecular Hbond substituents is 1. The van der Waals surface area contributed by atoms with Crippen molar-refractivity contribution in [1.29, 1.82) is 0 Å². The number of amides is 1. The summed E-state index contributed by atoms with van der Waals surface area (Å²) in [5, 5.41) is 9.77. The Labute approximate surface area is 154 Å². The predicted molar refractivity (Wildman–Crippen MR) is 86.9 cm³/mol. The molecule has 1 heterocycles. The Balaban J connectivity index is 2.41. The van der Waals surface area contributed by atoms with Gasteiger partial charge in [-0.2, -0.15) is 17.6 Å². The van der Waals surface area contributed by atoms with Crippen molar-refractivity contribution in [1.82, 2.24) is 14.5 Å². The van der Waals surface area contributed by atoms with Crippen LogP contribution in [0, 0.1) is 5.82 Å². The van der Waals surface area contributed by atoms with Crippen molar-refractivity contribution in [2.24, 2.45) is 0 Å². The van der Waals surface area contributed by atoms with Gasteiger partial charge in [0, 0.05) is 19.2 Å². The van der Waals surface area contributed by atoms with Gasteiger partial charge in [0.15, 0.2) is 6.23 Å². The van der Waals surface area contributed by atoms with Crippen molar-refractivity contribution in [2.75, 3.05) is 13.7 Å². The molecule has 1 atom stereocenters. The summed E-state index contributed by atoms with van der Waals surface area (Å²) in [6.45, 7) is -1.49. The molecule has 1 aromatic heterocycles. The summed E-state index contributed by atoms with van der Waals surface area (Å²) in [4.78, 5) is 36.7. The normalized spacial score (nSPS) is 12.6. The lowest BCUT2D eigenvalue weighted by atomic mass is 10.2. The van der Waals surface area contributed by atoms with E-state index >= 15 is 0 Å². The second-order valence-corrected chi connectivity index (χ2v) is 5.65. The number of phenols is 1. The third-order valence-electron chi connectivity index (χ3n) is 3.77. The minimum Gasteiger partial charge on any atom is -0.508 e. The molecule has 152 valence electrons. The number of benzene rings is 1. The highest BCUT2D eigenvalue weighted by molar-refractivity contribution is 5.81. The number of rotatable bonds is 6. The number of hydrogen-bond donors (Lipinski definition) is 2. The molecule has 12 heteroatoms. The fourth-order valence-corrected chi connectivity index (χ4v) is 2.39. The number of aromatic hydroxyl groups is 1. The number of nitrogens with one attached hydrogen (secondary N) is 1. The largest absolute Gasteiger partial charge is 0.508 e. The van der Waals surface area contributed by atoms with Crippen LogP contribution in [0.1, 0.15) is 11.8 Å². The van der Waals surface area contributed by atoms with Crippen LogP contribution in [-0.4, -0.2) is 45.3 Å². The molecule has 28 heavy (non-hydrogen) atoms. The molecule has 0 aliphatic heterocycles. The maximum absolute atomic E-state index is 13.5. The van der Waals surface area contributed by atoms with Crippen LogP contribution < -0.4 is 11.2 Å². The minimum atomic E-state index is -5.25. The number of H-pyrrole nitrogens is 1. The summed E-state index contributed by atoms with van der Waals surface area (Å²) in [5.41, 5.74) is -2.44. The molecule has 2 N–H and O–H groups in total. The van der Waals surface area contributed by atoms with Crippen LogP contribution in [0.4, 0.5) is 17.6 Å². The van der Waals surface area contributed by atoms with E-state index in [0.717, 1.165) is 7.11 Å². The van der Waals surface area contributed by atoms with Crippen LogP contribution in [0.3, 0.4) is 0 Å². The van der Waals surface area contributed by atoms with Crippen LogP contribution in [0.15, 0.2) is 40.1 Å². The molecule has 1 amide bonds. The van der Waals surface area contributed by atoms with E-state index in [-0.39, 0.29) is 11.3 Å². The van der Waals surface area contributed by atoms with Gasteiger partial charge in [-0.1, -0.05) is 18.2 Å². The molecule has 0 aliphatic rings. The van der Waals surface area contributed by atoms with E-state index in [9.17, 15) is 37.1 Å². The van der Waals surface area contributed by atoms with Gasteiger partial charge in [-0.25, -0.2) is 4.79 Å². The highest BCUT2D eigenvalue weighted by Crippen LogP contribution is 2.24. The first-order valence-electron chi connectivity index (χ1n) is 7.71. The van der Waals surface area contributed by atoms with Gasteiger partial charge in [-0.15, -0.1) is 0 Å². The second-order valence-electron chi connectivity index (χ2n) is 5.65. The Hall–Kier alpha value is -3.15. The second kappa shape index (κ2) is 8.25. The zero-order valence-electron chi connectivity index (χ0n) is 14.4. The van der Waals surface area contributed by atoms with Gasteiger partial charge in [0.05, 0.1) is 12.7 Å². The number of ether oxygens (including phenoxy) is 1. The summed E-state index contributed by atoms with van der Waals surface area (Å²) < 4.78 is 57.9. The highest BCUT2D eigenvalue weighted by Gasteiger charge is 2.43. The number of aromatic amines is 1. The molecule has 0 aliphatic carbocycles. The smallest absolute Gasteiger partial charge is 0.471 e. The Morgan fingerprint density at radius 1 is 1.32 bits per heavy atom. The summed E-state index contributed by atoms with van der Waals surface area (Å²) >= 11 is 0. The number of hydrogen-bond acceptors (Lipinski definition) is 5. The molecule has 8 nitrogen and oxygen atoms in total. The number of carbonyl (C=O) groups excluding carboxylic acids is 1. The van der Waals surface area contributed by atoms with Gasteiger partial charge in [0.2, 0.25) is 5.82 Å². The first-order valence-corrected chi connectivity index (χ1v) is 7.71. The zero-order chi connectivity index (χ0) is 21.1. The van der Waals surface area contributed by atoms with E-state index in [1.165, 1.54) is 24.3 Å². The van der Waals surface area contributed by atoms with Gasteiger partial charge in [-0.05, 0) is 6.07 Å². The number of alkyl halides is 3.